The lowest BCUT2D eigenvalue weighted by molar-refractivity contribution is -0.131. The largest absolute Gasteiger partial charge is 0.508 e. The number of carbonyl (C=O) groups is 1. The van der Waals surface area contributed by atoms with Crippen molar-refractivity contribution in [3.63, 3.8) is 0 Å². The van der Waals surface area contributed by atoms with E-state index in [1.807, 2.05) is 6.07 Å². The summed E-state index contributed by atoms with van der Waals surface area (Å²) in [6.45, 7) is 6.75. The van der Waals surface area contributed by atoms with Crippen LogP contribution in [-0.2, 0) is 11.2 Å². The van der Waals surface area contributed by atoms with Crippen molar-refractivity contribution < 1.29 is 15.0 Å². The van der Waals surface area contributed by atoms with Crippen molar-refractivity contribution in [1.82, 2.24) is 0 Å². The van der Waals surface area contributed by atoms with Crippen molar-refractivity contribution in [3.05, 3.63) is 35.4 Å². The van der Waals surface area contributed by atoms with Crippen molar-refractivity contribution in [2.24, 2.45) is 11.8 Å². The first-order valence-electron chi connectivity index (χ1n) is 8.11. The predicted octanol–water partition coefficient (Wildman–Crippen LogP) is 4.89. The topological polar surface area (TPSA) is 57.5 Å². The van der Waals surface area contributed by atoms with Gasteiger partial charge in [-0.05, 0) is 54.0 Å². The molecule has 0 fully saturated rings. The Bertz CT molecular complexity index is 503. The molecule has 22 heavy (non-hydrogen) atoms. The zero-order valence-electron chi connectivity index (χ0n) is 13.9. The van der Waals surface area contributed by atoms with Crippen LogP contribution in [0.25, 0.3) is 6.08 Å². The molecular formula is C19H28O3. The molecule has 0 aliphatic rings. The molecule has 0 aliphatic carbocycles. The maximum Gasteiger partial charge on any atom is 0.328 e. The third-order valence-electron chi connectivity index (χ3n) is 3.91. The first-order chi connectivity index (χ1) is 10.4. The molecule has 1 atom stereocenters. The summed E-state index contributed by atoms with van der Waals surface area (Å²) in [5, 5.41) is 18.6. The summed E-state index contributed by atoms with van der Waals surface area (Å²) in [4.78, 5) is 10.6. The number of aromatic hydroxyl groups is 1. The van der Waals surface area contributed by atoms with E-state index in [2.05, 4.69) is 20.8 Å². The van der Waals surface area contributed by atoms with E-state index < -0.39 is 5.97 Å². The molecular weight excluding hydrogens is 276 g/mol. The van der Waals surface area contributed by atoms with E-state index in [0.29, 0.717) is 11.7 Å². The number of phenols is 1. The number of hydrogen-bond acceptors (Lipinski definition) is 2. The second-order valence-corrected chi connectivity index (χ2v) is 6.53. The lowest BCUT2D eigenvalue weighted by atomic mass is 9.93. The van der Waals surface area contributed by atoms with Gasteiger partial charge in [0, 0.05) is 6.08 Å². The SMILES string of the molecule is CC(C)CCCC(C)CCc1cc(/C=C/C(=O)O)ccc1O. The number of hydrogen-bond donors (Lipinski definition) is 2. The van der Waals surface area contributed by atoms with Gasteiger partial charge < -0.3 is 10.2 Å². The summed E-state index contributed by atoms with van der Waals surface area (Å²) in [6.07, 6.45) is 8.28. The van der Waals surface area contributed by atoms with Gasteiger partial charge in [-0.15, -0.1) is 0 Å². The first-order valence-corrected chi connectivity index (χ1v) is 8.11. The fraction of sp³-hybridized carbons (Fsp3) is 0.526. The molecule has 1 rings (SSSR count). The fourth-order valence-corrected chi connectivity index (χ4v) is 2.50. The third kappa shape index (κ3) is 7.30. The highest BCUT2D eigenvalue weighted by atomic mass is 16.4. The van der Waals surface area contributed by atoms with Gasteiger partial charge in [0.05, 0.1) is 0 Å². The van der Waals surface area contributed by atoms with Crippen LogP contribution in [0.5, 0.6) is 5.75 Å². The van der Waals surface area contributed by atoms with E-state index in [1.165, 1.54) is 19.3 Å². The van der Waals surface area contributed by atoms with Crippen molar-refractivity contribution in [2.75, 3.05) is 0 Å². The Hall–Kier alpha value is -1.77. The van der Waals surface area contributed by atoms with E-state index >= 15 is 0 Å². The van der Waals surface area contributed by atoms with E-state index in [0.717, 1.165) is 36.0 Å². The highest BCUT2D eigenvalue weighted by Gasteiger charge is 2.07. The Kier molecular flexibility index (Phi) is 7.72. The standard InChI is InChI=1S/C19H28O3/c1-14(2)5-4-6-15(3)7-10-17-13-16(8-11-18(17)20)9-12-19(21)22/h8-9,11-15,20H,4-7,10H2,1-3H3,(H,21,22)/b12-9+. The fourth-order valence-electron chi connectivity index (χ4n) is 2.50. The summed E-state index contributed by atoms with van der Waals surface area (Å²) in [5.74, 6) is 0.723. The van der Waals surface area contributed by atoms with Crippen LogP contribution in [0.2, 0.25) is 0 Å². The molecule has 2 N–H and O–H groups in total. The van der Waals surface area contributed by atoms with Gasteiger partial charge >= 0.3 is 5.97 Å². The Balaban J connectivity index is 2.54. The summed E-state index contributed by atoms with van der Waals surface area (Å²) >= 11 is 0. The molecule has 0 heterocycles. The number of carboxylic acid groups (broad SMARTS) is 1. The molecule has 3 heteroatoms. The first kappa shape index (κ1) is 18.3. The molecule has 122 valence electrons. The average Bonchev–Trinajstić information content (AvgIpc) is 2.44. The van der Waals surface area contributed by atoms with Crippen LogP contribution in [-0.4, -0.2) is 16.2 Å². The molecule has 3 nitrogen and oxygen atoms in total. The number of benzene rings is 1. The minimum Gasteiger partial charge on any atom is -0.508 e. The van der Waals surface area contributed by atoms with Crippen molar-refractivity contribution >= 4 is 12.0 Å². The lowest BCUT2D eigenvalue weighted by Gasteiger charge is -2.13. The van der Waals surface area contributed by atoms with Gasteiger partial charge in [-0.25, -0.2) is 4.79 Å². The number of phenolic OH excluding ortho intramolecular Hbond substituents is 1. The van der Waals surface area contributed by atoms with Gasteiger partial charge in [0.25, 0.3) is 0 Å². The molecule has 0 saturated carbocycles. The van der Waals surface area contributed by atoms with Crippen LogP contribution in [0, 0.1) is 11.8 Å². The minimum absolute atomic E-state index is 0.293. The zero-order chi connectivity index (χ0) is 16.5. The molecule has 1 aromatic carbocycles. The monoisotopic (exact) mass is 304 g/mol. The second-order valence-electron chi connectivity index (χ2n) is 6.53. The predicted molar refractivity (Wildman–Crippen MR) is 91.0 cm³/mol. The molecule has 0 amide bonds. The van der Waals surface area contributed by atoms with Crippen LogP contribution >= 0.6 is 0 Å². The van der Waals surface area contributed by atoms with E-state index in [4.69, 9.17) is 5.11 Å². The molecule has 1 unspecified atom stereocenters. The van der Waals surface area contributed by atoms with Crippen LogP contribution < -0.4 is 0 Å². The van der Waals surface area contributed by atoms with Crippen LogP contribution in [0.3, 0.4) is 0 Å². The molecule has 0 spiro atoms. The number of aliphatic carboxylic acids is 1. The summed E-state index contributed by atoms with van der Waals surface area (Å²) in [6, 6.07) is 5.24. The van der Waals surface area contributed by atoms with Gasteiger partial charge in [-0.2, -0.15) is 0 Å². The third-order valence-corrected chi connectivity index (χ3v) is 3.91. The molecule has 1 aromatic rings. The zero-order valence-corrected chi connectivity index (χ0v) is 13.9. The average molecular weight is 304 g/mol. The Morgan fingerprint density at radius 2 is 1.91 bits per heavy atom. The van der Waals surface area contributed by atoms with E-state index in [9.17, 15) is 9.90 Å². The molecule has 0 radical (unpaired) electrons. The second kappa shape index (κ2) is 9.29. The van der Waals surface area contributed by atoms with Crippen molar-refractivity contribution in [1.29, 1.82) is 0 Å². The highest BCUT2D eigenvalue weighted by Crippen LogP contribution is 2.24. The Labute approximate surface area is 133 Å². The van der Waals surface area contributed by atoms with Crippen LogP contribution in [0.15, 0.2) is 24.3 Å². The quantitative estimate of drug-likeness (QED) is 0.639. The van der Waals surface area contributed by atoms with Crippen molar-refractivity contribution in [3.8, 4) is 5.75 Å². The molecule has 0 aromatic heterocycles. The number of rotatable bonds is 9. The normalized spacial score (nSPS) is 12.9. The van der Waals surface area contributed by atoms with Gasteiger partial charge in [0.15, 0.2) is 0 Å². The Morgan fingerprint density at radius 3 is 2.55 bits per heavy atom. The van der Waals surface area contributed by atoms with Gasteiger partial charge in [0.2, 0.25) is 0 Å². The molecule has 0 saturated heterocycles. The summed E-state index contributed by atoms with van der Waals surface area (Å²) in [5.41, 5.74) is 1.70. The minimum atomic E-state index is -0.964. The maximum atomic E-state index is 10.6. The number of carboxylic acids is 1. The maximum absolute atomic E-state index is 10.6. The van der Waals surface area contributed by atoms with Crippen molar-refractivity contribution in [2.45, 2.75) is 52.9 Å². The summed E-state index contributed by atoms with van der Waals surface area (Å²) < 4.78 is 0. The lowest BCUT2D eigenvalue weighted by Crippen LogP contribution is -1.99. The van der Waals surface area contributed by atoms with Gasteiger partial charge in [-0.3, -0.25) is 0 Å². The van der Waals surface area contributed by atoms with Crippen LogP contribution in [0.1, 0.15) is 57.6 Å². The smallest absolute Gasteiger partial charge is 0.328 e. The molecule has 0 aliphatic heterocycles. The van der Waals surface area contributed by atoms with Gasteiger partial charge in [0.1, 0.15) is 5.75 Å². The van der Waals surface area contributed by atoms with E-state index in [-0.39, 0.29) is 0 Å². The van der Waals surface area contributed by atoms with E-state index in [1.54, 1.807) is 18.2 Å². The molecule has 0 bridgehead atoms. The summed E-state index contributed by atoms with van der Waals surface area (Å²) in [7, 11) is 0. The van der Waals surface area contributed by atoms with Gasteiger partial charge in [-0.1, -0.05) is 46.1 Å². The number of aryl methyl sites for hydroxylation is 1. The highest BCUT2D eigenvalue weighted by molar-refractivity contribution is 5.85. The Morgan fingerprint density at radius 1 is 1.18 bits per heavy atom. The van der Waals surface area contributed by atoms with Crippen LogP contribution in [0.4, 0.5) is 0 Å².